The zero-order chi connectivity index (χ0) is 9.68. The van der Waals surface area contributed by atoms with Gasteiger partial charge in [0.15, 0.2) is 0 Å². The Morgan fingerprint density at radius 3 is 2.46 bits per heavy atom. The monoisotopic (exact) mass is 174 g/mol. The van der Waals surface area contributed by atoms with Crippen LogP contribution < -0.4 is 5.73 Å². The van der Waals surface area contributed by atoms with E-state index >= 15 is 0 Å². The molecule has 0 aliphatic carbocycles. The molecule has 2 atom stereocenters. The molecule has 0 saturated carbocycles. The van der Waals surface area contributed by atoms with E-state index in [1.165, 1.54) is 0 Å². The van der Waals surface area contributed by atoms with E-state index in [1.54, 1.807) is 0 Å². The second kappa shape index (κ2) is 4.64. The van der Waals surface area contributed by atoms with Crippen LogP contribution in [0.15, 0.2) is 30.3 Å². The minimum Gasteiger partial charge on any atom is -0.323 e. The number of nitrogens with zero attached hydrogens (tertiary/aromatic N) is 1. The van der Waals surface area contributed by atoms with Gasteiger partial charge in [0.05, 0.1) is 12.0 Å². The van der Waals surface area contributed by atoms with Crippen LogP contribution in [0.25, 0.3) is 0 Å². The summed E-state index contributed by atoms with van der Waals surface area (Å²) in [6, 6.07) is 11.8. The number of benzene rings is 1. The van der Waals surface area contributed by atoms with E-state index in [2.05, 4.69) is 6.07 Å². The summed E-state index contributed by atoms with van der Waals surface area (Å²) in [5.74, 6) is -0.0811. The van der Waals surface area contributed by atoms with E-state index in [1.807, 2.05) is 37.3 Å². The van der Waals surface area contributed by atoms with Gasteiger partial charge in [0.1, 0.15) is 0 Å². The summed E-state index contributed by atoms with van der Waals surface area (Å²) in [6.45, 7) is 1.98. The van der Waals surface area contributed by atoms with Crippen molar-refractivity contribution in [2.24, 2.45) is 11.7 Å². The number of rotatable bonds is 3. The molecule has 1 aromatic rings. The van der Waals surface area contributed by atoms with Crippen molar-refractivity contribution >= 4 is 0 Å². The van der Waals surface area contributed by atoms with Gasteiger partial charge >= 0.3 is 0 Å². The molecule has 0 fully saturated rings. The highest BCUT2D eigenvalue weighted by Gasteiger charge is 2.16. The summed E-state index contributed by atoms with van der Waals surface area (Å²) in [6.07, 6.45) is 0.798. The van der Waals surface area contributed by atoms with E-state index in [0.29, 0.717) is 0 Å². The van der Waals surface area contributed by atoms with E-state index < -0.39 is 0 Å². The third kappa shape index (κ3) is 2.30. The maximum absolute atomic E-state index is 8.83. The summed E-state index contributed by atoms with van der Waals surface area (Å²) in [4.78, 5) is 0. The molecular weight excluding hydrogens is 160 g/mol. The first-order chi connectivity index (χ1) is 6.29. The van der Waals surface area contributed by atoms with Crippen LogP contribution in [-0.2, 0) is 0 Å². The highest BCUT2D eigenvalue weighted by atomic mass is 14.6. The van der Waals surface area contributed by atoms with Crippen LogP contribution in [0.4, 0.5) is 0 Å². The lowest BCUT2D eigenvalue weighted by atomic mass is 9.93. The first-order valence-corrected chi connectivity index (χ1v) is 4.49. The molecule has 0 saturated heterocycles. The Kier molecular flexibility index (Phi) is 3.48. The standard InChI is InChI=1S/C11H14N2/c1-2-9(8-12)11(13)10-6-4-3-5-7-10/h3-7,9,11H,2,13H2,1H3. The Hall–Kier alpha value is -1.33. The third-order valence-electron chi connectivity index (χ3n) is 2.22. The van der Waals surface area contributed by atoms with Crippen LogP contribution in [0.3, 0.4) is 0 Å². The van der Waals surface area contributed by atoms with Crippen molar-refractivity contribution in [1.82, 2.24) is 0 Å². The molecular formula is C11H14N2. The Balaban J connectivity index is 2.79. The maximum Gasteiger partial charge on any atom is 0.0675 e. The lowest BCUT2D eigenvalue weighted by molar-refractivity contribution is 0.518. The van der Waals surface area contributed by atoms with Crippen molar-refractivity contribution in [1.29, 1.82) is 5.26 Å². The minimum atomic E-state index is -0.156. The van der Waals surface area contributed by atoms with Gasteiger partial charge in [0.2, 0.25) is 0 Å². The van der Waals surface area contributed by atoms with E-state index in [9.17, 15) is 0 Å². The summed E-state index contributed by atoms with van der Waals surface area (Å²) in [5.41, 5.74) is 6.98. The number of nitriles is 1. The van der Waals surface area contributed by atoms with Gasteiger partial charge in [0, 0.05) is 6.04 Å². The second-order valence-electron chi connectivity index (χ2n) is 3.08. The minimum absolute atomic E-state index is 0.0811. The van der Waals surface area contributed by atoms with Crippen LogP contribution in [0.2, 0.25) is 0 Å². The average molecular weight is 174 g/mol. The van der Waals surface area contributed by atoms with Crippen molar-refractivity contribution in [2.75, 3.05) is 0 Å². The summed E-state index contributed by atoms with van der Waals surface area (Å²) < 4.78 is 0. The van der Waals surface area contributed by atoms with Gasteiger partial charge in [-0.3, -0.25) is 0 Å². The quantitative estimate of drug-likeness (QED) is 0.764. The Labute approximate surface area is 79.0 Å². The van der Waals surface area contributed by atoms with Crippen molar-refractivity contribution in [3.05, 3.63) is 35.9 Å². The summed E-state index contributed by atoms with van der Waals surface area (Å²) in [5, 5.41) is 8.83. The van der Waals surface area contributed by atoms with Gasteiger partial charge in [0.25, 0.3) is 0 Å². The molecule has 2 heteroatoms. The smallest absolute Gasteiger partial charge is 0.0675 e. The normalized spacial score (nSPS) is 14.5. The van der Waals surface area contributed by atoms with Crippen LogP contribution in [0.1, 0.15) is 24.9 Å². The van der Waals surface area contributed by atoms with Crippen LogP contribution >= 0.6 is 0 Å². The average Bonchev–Trinajstić information content (AvgIpc) is 2.21. The van der Waals surface area contributed by atoms with E-state index in [4.69, 9.17) is 11.0 Å². The van der Waals surface area contributed by atoms with Gasteiger partial charge < -0.3 is 5.73 Å². The van der Waals surface area contributed by atoms with Gasteiger partial charge in [-0.15, -0.1) is 0 Å². The second-order valence-corrected chi connectivity index (χ2v) is 3.08. The number of hydrogen-bond acceptors (Lipinski definition) is 2. The Morgan fingerprint density at radius 2 is 2.00 bits per heavy atom. The molecule has 2 unspecified atom stereocenters. The topological polar surface area (TPSA) is 49.8 Å². The van der Waals surface area contributed by atoms with Crippen LogP contribution in [-0.4, -0.2) is 0 Å². The molecule has 0 spiro atoms. The predicted octanol–water partition coefficient (Wildman–Crippen LogP) is 2.24. The highest BCUT2D eigenvalue weighted by Crippen LogP contribution is 2.20. The largest absolute Gasteiger partial charge is 0.323 e. The molecule has 68 valence electrons. The molecule has 0 aliphatic rings. The van der Waals surface area contributed by atoms with Crippen LogP contribution in [0, 0.1) is 17.2 Å². The molecule has 0 radical (unpaired) electrons. The molecule has 0 bridgehead atoms. The fraction of sp³-hybridized carbons (Fsp3) is 0.364. The van der Waals surface area contributed by atoms with Crippen molar-refractivity contribution in [2.45, 2.75) is 19.4 Å². The van der Waals surface area contributed by atoms with Crippen molar-refractivity contribution in [3.8, 4) is 6.07 Å². The lowest BCUT2D eigenvalue weighted by Crippen LogP contribution is -2.19. The van der Waals surface area contributed by atoms with E-state index in [0.717, 1.165) is 12.0 Å². The highest BCUT2D eigenvalue weighted by molar-refractivity contribution is 5.20. The lowest BCUT2D eigenvalue weighted by Gasteiger charge is -2.15. The van der Waals surface area contributed by atoms with E-state index in [-0.39, 0.29) is 12.0 Å². The third-order valence-corrected chi connectivity index (χ3v) is 2.22. The fourth-order valence-corrected chi connectivity index (χ4v) is 1.33. The molecule has 2 nitrogen and oxygen atoms in total. The number of hydrogen-bond donors (Lipinski definition) is 1. The van der Waals surface area contributed by atoms with Gasteiger partial charge in [-0.25, -0.2) is 0 Å². The first kappa shape index (κ1) is 9.76. The van der Waals surface area contributed by atoms with Gasteiger partial charge in [-0.1, -0.05) is 37.3 Å². The first-order valence-electron chi connectivity index (χ1n) is 4.49. The predicted molar refractivity (Wildman–Crippen MR) is 52.8 cm³/mol. The maximum atomic E-state index is 8.83. The molecule has 13 heavy (non-hydrogen) atoms. The molecule has 0 heterocycles. The molecule has 0 aliphatic heterocycles. The van der Waals surface area contributed by atoms with Crippen molar-refractivity contribution in [3.63, 3.8) is 0 Å². The molecule has 0 aromatic heterocycles. The molecule has 0 amide bonds. The molecule has 2 N–H and O–H groups in total. The van der Waals surface area contributed by atoms with Gasteiger partial charge in [-0.2, -0.15) is 5.26 Å². The number of nitrogens with two attached hydrogens (primary N) is 1. The molecule has 1 rings (SSSR count). The van der Waals surface area contributed by atoms with Crippen LogP contribution in [0.5, 0.6) is 0 Å². The fourth-order valence-electron chi connectivity index (χ4n) is 1.33. The SMILES string of the molecule is CCC(C#N)C(N)c1ccccc1. The Morgan fingerprint density at radius 1 is 1.38 bits per heavy atom. The van der Waals surface area contributed by atoms with Gasteiger partial charge in [-0.05, 0) is 12.0 Å². The van der Waals surface area contributed by atoms with Crippen molar-refractivity contribution < 1.29 is 0 Å². The zero-order valence-electron chi connectivity index (χ0n) is 7.77. The zero-order valence-corrected chi connectivity index (χ0v) is 7.77. The Bertz CT molecular complexity index is 287. The summed E-state index contributed by atoms with van der Waals surface area (Å²) in [7, 11) is 0. The summed E-state index contributed by atoms with van der Waals surface area (Å²) >= 11 is 0. The molecule has 1 aromatic carbocycles.